The molecule has 12 nitrogen and oxygen atoms in total. The smallest absolute Gasteiger partial charge is 0.274 e. The first-order chi connectivity index (χ1) is 22.8. The average Bonchev–Trinajstić information content (AvgIpc) is 3.71. The van der Waals surface area contributed by atoms with Crippen LogP contribution in [0.5, 0.6) is 5.75 Å². The number of halogens is 1. The number of nitrogens with zero attached hydrogens (tertiary/aromatic N) is 8. The molecular weight excluding hydrogens is 599 g/mol. The van der Waals surface area contributed by atoms with E-state index in [1.165, 1.54) is 12.1 Å². The number of fused-ring (bicyclic) bond motifs is 2. The molecule has 13 heteroatoms. The maximum Gasteiger partial charge on any atom is 0.274 e. The highest BCUT2D eigenvalue weighted by Crippen LogP contribution is 2.34. The van der Waals surface area contributed by atoms with Gasteiger partial charge in [0.2, 0.25) is 0 Å². The first kappa shape index (κ1) is 30.8. The van der Waals surface area contributed by atoms with E-state index in [-0.39, 0.29) is 11.7 Å². The third-order valence-electron chi connectivity index (χ3n) is 9.19. The molecule has 3 N–H and O–H groups in total. The number of anilines is 1. The van der Waals surface area contributed by atoms with Crippen molar-refractivity contribution in [1.82, 2.24) is 44.8 Å². The number of aromatic nitrogens is 6. The summed E-state index contributed by atoms with van der Waals surface area (Å²) in [6.45, 7) is 8.72. The quantitative estimate of drug-likeness (QED) is 0.233. The lowest BCUT2D eigenvalue weighted by atomic mass is 9.96. The Morgan fingerprint density at radius 2 is 1.89 bits per heavy atom. The summed E-state index contributed by atoms with van der Waals surface area (Å²) >= 11 is 0. The van der Waals surface area contributed by atoms with E-state index in [0.29, 0.717) is 43.1 Å². The lowest BCUT2D eigenvalue weighted by molar-refractivity contribution is 0.0725. The molecule has 0 unspecified atom stereocenters. The molecule has 0 radical (unpaired) electrons. The van der Waals surface area contributed by atoms with Gasteiger partial charge < -0.3 is 24.8 Å². The summed E-state index contributed by atoms with van der Waals surface area (Å²) in [6, 6.07) is 8.65. The van der Waals surface area contributed by atoms with E-state index >= 15 is 0 Å². The van der Waals surface area contributed by atoms with Crippen LogP contribution in [-0.2, 0) is 19.4 Å². The number of phenols is 1. The van der Waals surface area contributed by atoms with Crippen LogP contribution in [0.2, 0.25) is 0 Å². The van der Waals surface area contributed by atoms with Gasteiger partial charge in [-0.3, -0.25) is 14.8 Å². The second-order valence-corrected chi connectivity index (χ2v) is 12.5. The Hall–Kier alpha value is -4.88. The molecule has 0 saturated carbocycles. The maximum absolute atomic E-state index is 14.2. The monoisotopic (exact) mass is 638 g/mol. The molecule has 2 aliphatic heterocycles. The van der Waals surface area contributed by atoms with Crippen molar-refractivity contribution in [2.45, 2.75) is 26.3 Å². The second-order valence-electron chi connectivity index (χ2n) is 12.5. The van der Waals surface area contributed by atoms with Crippen molar-refractivity contribution in [2.24, 2.45) is 0 Å². The van der Waals surface area contributed by atoms with Gasteiger partial charge >= 0.3 is 0 Å². The Kier molecular flexibility index (Phi) is 8.33. The van der Waals surface area contributed by atoms with E-state index < -0.39 is 5.82 Å². The number of rotatable bonds is 8. The van der Waals surface area contributed by atoms with Gasteiger partial charge in [-0.25, -0.2) is 19.3 Å². The minimum absolute atomic E-state index is 0.158. The highest BCUT2D eigenvalue weighted by Gasteiger charge is 2.27. The molecule has 244 valence electrons. The number of likely N-dealkylation sites (N-methyl/N-ethyl adjacent to an activating group) is 1. The lowest BCUT2D eigenvalue weighted by Gasteiger charge is -2.35. The van der Waals surface area contributed by atoms with Gasteiger partial charge in [0.25, 0.3) is 5.91 Å². The minimum Gasteiger partial charge on any atom is -0.505 e. The number of aromatic amines is 2. The van der Waals surface area contributed by atoms with Crippen LogP contribution in [0.25, 0.3) is 33.5 Å². The molecule has 5 heterocycles. The number of carbonyl (C=O) groups is 1. The molecule has 0 spiro atoms. The van der Waals surface area contributed by atoms with Crippen LogP contribution >= 0.6 is 0 Å². The van der Waals surface area contributed by atoms with Gasteiger partial charge in [-0.05, 0) is 61.5 Å². The Bertz CT molecular complexity index is 1910. The number of imidazole rings is 1. The van der Waals surface area contributed by atoms with Gasteiger partial charge in [0.1, 0.15) is 17.2 Å². The highest BCUT2D eigenvalue weighted by molar-refractivity contribution is 5.94. The molecule has 2 aromatic carbocycles. The van der Waals surface area contributed by atoms with Gasteiger partial charge in [0, 0.05) is 57.6 Å². The van der Waals surface area contributed by atoms with Crippen molar-refractivity contribution in [1.29, 1.82) is 0 Å². The molecule has 5 aromatic rings. The zero-order valence-corrected chi connectivity index (χ0v) is 26.9. The fourth-order valence-electron chi connectivity index (χ4n) is 6.41. The Labute approximate surface area is 272 Å². The normalized spacial score (nSPS) is 15.5. The van der Waals surface area contributed by atoms with Crippen LogP contribution in [0.3, 0.4) is 0 Å². The van der Waals surface area contributed by atoms with E-state index in [1.807, 2.05) is 25.1 Å². The summed E-state index contributed by atoms with van der Waals surface area (Å²) in [6.07, 6.45) is 4.56. The zero-order valence-electron chi connectivity index (χ0n) is 26.9. The molecule has 0 atom stereocenters. The van der Waals surface area contributed by atoms with Crippen LogP contribution in [0, 0.1) is 5.82 Å². The van der Waals surface area contributed by atoms with E-state index in [2.05, 4.69) is 53.9 Å². The van der Waals surface area contributed by atoms with E-state index in [9.17, 15) is 14.3 Å². The van der Waals surface area contributed by atoms with Gasteiger partial charge in [0.05, 0.1) is 35.8 Å². The number of benzene rings is 2. The SMILES string of the molecule is CCc1cc(O)c(F)cc1-c1ccc2c(-c3nc4c([nH]3)CN(C(=O)c3cnc(N5CCN(CCN(C)C)CC5)cn3)CC4)n[nH]c2c1. The van der Waals surface area contributed by atoms with Crippen molar-refractivity contribution < 1.29 is 14.3 Å². The Morgan fingerprint density at radius 3 is 2.64 bits per heavy atom. The van der Waals surface area contributed by atoms with Crippen molar-refractivity contribution in [3.63, 3.8) is 0 Å². The molecular formula is C34H39FN10O2. The number of carbonyl (C=O) groups excluding carboxylic acids is 1. The molecule has 0 aliphatic carbocycles. The highest BCUT2D eigenvalue weighted by atomic mass is 19.1. The molecule has 47 heavy (non-hydrogen) atoms. The largest absolute Gasteiger partial charge is 0.505 e. The maximum atomic E-state index is 14.2. The molecule has 0 bridgehead atoms. The fraction of sp³-hybridized carbons (Fsp3) is 0.382. The summed E-state index contributed by atoms with van der Waals surface area (Å²) in [5.41, 5.74) is 5.98. The topological polar surface area (TPSA) is 133 Å². The number of hydrogen-bond donors (Lipinski definition) is 3. The van der Waals surface area contributed by atoms with Gasteiger partial charge in [-0.15, -0.1) is 0 Å². The molecule has 7 rings (SSSR count). The predicted octanol–water partition coefficient (Wildman–Crippen LogP) is 3.70. The second kappa shape index (κ2) is 12.7. The fourth-order valence-corrected chi connectivity index (χ4v) is 6.41. The number of nitrogens with one attached hydrogen (secondary N) is 2. The van der Waals surface area contributed by atoms with Crippen LogP contribution in [0.1, 0.15) is 34.4 Å². The average molecular weight is 639 g/mol. The molecule has 2 aliphatic rings. The van der Waals surface area contributed by atoms with Crippen LogP contribution < -0.4 is 4.90 Å². The van der Waals surface area contributed by atoms with Gasteiger partial charge in [-0.2, -0.15) is 5.10 Å². The Morgan fingerprint density at radius 1 is 1.06 bits per heavy atom. The van der Waals surface area contributed by atoms with Crippen molar-refractivity contribution in [2.75, 3.05) is 64.8 Å². The zero-order chi connectivity index (χ0) is 32.7. The molecule has 1 amide bonds. The van der Waals surface area contributed by atoms with E-state index in [4.69, 9.17) is 4.98 Å². The van der Waals surface area contributed by atoms with Crippen LogP contribution in [-0.4, -0.2) is 116 Å². The number of aryl methyl sites for hydroxylation is 1. The summed E-state index contributed by atoms with van der Waals surface area (Å²) in [7, 11) is 4.19. The van der Waals surface area contributed by atoms with Crippen molar-refractivity contribution >= 4 is 22.6 Å². The van der Waals surface area contributed by atoms with Crippen LogP contribution in [0.15, 0.2) is 42.7 Å². The number of hydrogen-bond acceptors (Lipinski definition) is 9. The van der Waals surface area contributed by atoms with E-state index in [1.54, 1.807) is 17.3 Å². The number of aromatic hydroxyl groups is 1. The predicted molar refractivity (Wildman–Crippen MR) is 178 cm³/mol. The van der Waals surface area contributed by atoms with Crippen molar-refractivity contribution in [3.05, 3.63) is 71.2 Å². The molecule has 3 aromatic heterocycles. The standard InChI is InChI=1S/C34H39FN10O2/c1-4-21-16-30(46)25(35)17-24(21)22-5-6-23-27(15-22)40-41-32(23)33-38-26-7-8-45(20-29(26)39-33)34(47)28-18-37-31(19-36-28)44-13-11-43(12-14-44)10-9-42(2)3/h5-6,15-19,46H,4,7-14,20H2,1-3H3,(H,38,39)(H,40,41). The number of amides is 1. The first-order valence-corrected chi connectivity index (χ1v) is 16.1. The summed E-state index contributed by atoms with van der Waals surface area (Å²) in [4.78, 5) is 39.4. The minimum atomic E-state index is -0.652. The molecule has 1 fully saturated rings. The molecule has 1 saturated heterocycles. The van der Waals surface area contributed by atoms with Crippen molar-refractivity contribution in [3.8, 4) is 28.4 Å². The first-order valence-electron chi connectivity index (χ1n) is 16.1. The number of H-pyrrole nitrogens is 2. The van der Waals surface area contributed by atoms with E-state index in [0.717, 1.165) is 84.1 Å². The number of piperazine rings is 1. The third kappa shape index (κ3) is 6.15. The third-order valence-corrected chi connectivity index (χ3v) is 9.19. The number of phenolic OH excluding ortho intramolecular Hbond substituents is 1. The summed E-state index contributed by atoms with van der Waals surface area (Å²) in [5, 5.41) is 18.3. The lowest BCUT2D eigenvalue weighted by Crippen LogP contribution is -2.48. The Balaban J connectivity index is 1.03. The van der Waals surface area contributed by atoms with Crippen LogP contribution in [0.4, 0.5) is 10.2 Å². The van der Waals surface area contributed by atoms with Gasteiger partial charge in [-0.1, -0.05) is 13.0 Å². The summed E-state index contributed by atoms with van der Waals surface area (Å²) < 4.78 is 14.2. The van der Waals surface area contributed by atoms with Gasteiger partial charge in [0.15, 0.2) is 17.4 Å². The summed E-state index contributed by atoms with van der Waals surface area (Å²) in [5.74, 6) is 0.265.